The van der Waals surface area contributed by atoms with Crippen LogP contribution >= 0.6 is 0 Å². The number of carboxylic acid groups (broad SMARTS) is 1. The minimum atomic E-state index is -1.01. The van der Waals surface area contributed by atoms with Crippen molar-refractivity contribution in [2.75, 3.05) is 0 Å². The SMILES string of the molecule is CC(C)c1nc(COc2ccccc2C=CC(=O)O)no1. The number of ether oxygens (including phenoxy) is 1. The largest absolute Gasteiger partial charge is 0.485 e. The topological polar surface area (TPSA) is 85.5 Å². The average Bonchev–Trinajstić information content (AvgIpc) is 2.93. The number of nitrogens with zero attached hydrogens (tertiary/aromatic N) is 2. The number of carbonyl (C=O) groups is 1. The van der Waals surface area contributed by atoms with Crippen LogP contribution in [0.25, 0.3) is 6.08 Å². The molecule has 0 spiro atoms. The Labute approximate surface area is 122 Å². The van der Waals surface area contributed by atoms with E-state index in [9.17, 15) is 4.79 Å². The number of rotatable bonds is 6. The van der Waals surface area contributed by atoms with E-state index in [0.717, 1.165) is 6.08 Å². The van der Waals surface area contributed by atoms with Gasteiger partial charge in [0, 0.05) is 17.6 Å². The summed E-state index contributed by atoms with van der Waals surface area (Å²) >= 11 is 0. The van der Waals surface area contributed by atoms with Crippen LogP contribution in [0.2, 0.25) is 0 Å². The van der Waals surface area contributed by atoms with Crippen molar-refractivity contribution in [3.63, 3.8) is 0 Å². The fraction of sp³-hybridized carbons (Fsp3) is 0.267. The predicted octanol–water partition coefficient (Wildman–Crippen LogP) is 2.87. The zero-order chi connectivity index (χ0) is 15.2. The van der Waals surface area contributed by atoms with E-state index >= 15 is 0 Å². The molecule has 0 radical (unpaired) electrons. The maximum absolute atomic E-state index is 10.6. The van der Waals surface area contributed by atoms with Crippen LogP contribution in [-0.4, -0.2) is 21.2 Å². The van der Waals surface area contributed by atoms with Crippen molar-refractivity contribution in [1.29, 1.82) is 0 Å². The molecule has 1 aromatic carbocycles. The molecule has 1 aromatic heterocycles. The third-order valence-corrected chi connectivity index (χ3v) is 2.66. The number of aromatic nitrogens is 2. The summed E-state index contributed by atoms with van der Waals surface area (Å²) in [6, 6.07) is 7.14. The third kappa shape index (κ3) is 4.17. The van der Waals surface area contributed by atoms with Crippen LogP contribution in [0, 0.1) is 0 Å². The normalized spacial score (nSPS) is 11.2. The van der Waals surface area contributed by atoms with Gasteiger partial charge in [-0.25, -0.2) is 4.79 Å². The lowest BCUT2D eigenvalue weighted by molar-refractivity contribution is -0.131. The van der Waals surface area contributed by atoms with E-state index < -0.39 is 5.97 Å². The second-order valence-corrected chi connectivity index (χ2v) is 4.70. The summed E-state index contributed by atoms with van der Waals surface area (Å²) in [5.74, 6) is 0.732. The lowest BCUT2D eigenvalue weighted by atomic mass is 10.2. The first-order valence-electron chi connectivity index (χ1n) is 6.51. The second-order valence-electron chi connectivity index (χ2n) is 4.70. The molecule has 0 saturated heterocycles. The average molecular weight is 288 g/mol. The highest BCUT2D eigenvalue weighted by Crippen LogP contribution is 2.20. The van der Waals surface area contributed by atoms with Gasteiger partial charge in [0.05, 0.1) is 0 Å². The van der Waals surface area contributed by atoms with E-state index in [4.69, 9.17) is 14.4 Å². The van der Waals surface area contributed by atoms with Crippen LogP contribution in [0.5, 0.6) is 5.75 Å². The lowest BCUT2D eigenvalue weighted by Crippen LogP contribution is -1.99. The van der Waals surface area contributed by atoms with Crippen molar-refractivity contribution >= 4 is 12.0 Å². The van der Waals surface area contributed by atoms with Crippen molar-refractivity contribution in [2.45, 2.75) is 26.4 Å². The maximum Gasteiger partial charge on any atom is 0.328 e. The summed E-state index contributed by atoms with van der Waals surface area (Å²) in [6.07, 6.45) is 2.54. The molecule has 0 aliphatic rings. The zero-order valence-electron chi connectivity index (χ0n) is 11.8. The van der Waals surface area contributed by atoms with Gasteiger partial charge in [0.25, 0.3) is 0 Å². The van der Waals surface area contributed by atoms with E-state index in [-0.39, 0.29) is 12.5 Å². The number of benzene rings is 1. The summed E-state index contributed by atoms with van der Waals surface area (Å²) in [7, 11) is 0. The van der Waals surface area contributed by atoms with Crippen molar-refractivity contribution in [2.24, 2.45) is 0 Å². The molecule has 0 unspecified atom stereocenters. The van der Waals surface area contributed by atoms with Crippen molar-refractivity contribution < 1.29 is 19.2 Å². The summed E-state index contributed by atoms with van der Waals surface area (Å²) in [6.45, 7) is 4.09. The summed E-state index contributed by atoms with van der Waals surface area (Å²) in [4.78, 5) is 14.8. The lowest BCUT2D eigenvalue weighted by Gasteiger charge is -2.06. The zero-order valence-corrected chi connectivity index (χ0v) is 11.8. The maximum atomic E-state index is 10.6. The van der Waals surface area contributed by atoms with Crippen LogP contribution in [0.15, 0.2) is 34.9 Å². The first kappa shape index (κ1) is 14.8. The smallest absolute Gasteiger partial charge is 0.328 e. The minimum Gasteiger partial charge on any atom is -0.485 e. The molecule has 6 nitrogen and oxygen atoms in total. The van der Waals surface area contributed by atoms with Crippen LogP contribution in [0.1, 0.15) is 37.0 Å². The van der Waals surface area contributed by atoms with Crippen molar-refractivity contribution in [3.05, 3.63) is 47.6 Å². The Morgan fingerprint density at radius 1 is 1.43 bits per heavy atom. The first-order chi connectivity index (χ1) is 10.1. The van der Waals surface area contributed by atoms with Gasteiger partial charge in [0.2, 0.25) is 11.7 Å². The molecule has 6 heteroatoms. The van der Waals surface area contributed by atoms with Gasteiger partial charge < -0.3 is 14.4 Å². The number of carboxylic acids is 1. The van der Waals surface area contributed by atoms with Crippen molar-refractivity contribution in [1.82, 2.24) is 10.1 Å². The van der Waals surface area contributed by atoms with Gasteiger partial charge in [0.15, 0.2) is 6.61 Å². The van der Waals surface area contributed by atoms with Gasteiger partial charge in [0.1, 0.15) is 5.75 Å². The predicted molar refractivity (Wildman–Crippen MR) is 75.8 cm³/mol. The van der Waals surface area contributed by atoms with E-state index in [2.05, 4.69) is 10.1 Å². The Bertz CT molecular complexity index is 647. The molecule has 1 heterocycles. The fourth-order valence-corrected chi connectivity index (χ4v) is 1.61. The van der Waals surface area contributed by atoms with Gasteiger partial charge in [-0.05, 0) is 12.1 Å². The van der Waals surface area contributed by atoms with Gasteiger partial charge in [-0.2, -0.15) is 4.98 Å². The summed E-state index contributed by atoms with van der Waals surface area (Å²) < 4.78 is 10.7. The monoisotopic (exact) mass is 288 g/mol. The van der Waals surface area contributed by atoms with Crippen LogP contribution in [0.4, 0.5) is 0 Å². The second kappa shape index (κ2) is 6.69. The molecule has 2 aromatic rings. The van der Waals surface area contributed by atoms with Gasteiger partial charge >= 0.3 is 5.97 Å². The molecule has 0 atom stereocenters. The Morgan fingerprint density at radius 2 is 2.19 bits per heavy atom. The Balaban J connectivity index is 2.07. The van der Waals surface area contributed by atoms with Gasteiger partial charge in [-0.1, -0.05) is 37.2 Å². The molecular weight excluding hydrogens is 272 g/mol. The molecular formula is C15H16N2O4. The van der Waals surface area contributed by atoms with E-state index in [1.54, 1.807) is 18.2 Å². The first-order valence-corrected chi connectivity index (χ1v) is 6.51. The van der Waals surface area contributed by atoms with E-state index in [1.807, 2.05) is 19.9 Å². The van der Waals surface area contributed by atoms with Gasteiger partial charge in [-0.3, -0.25) is 0 Å². The quantitative estimate of drug-likeness (QED) is 0.823. The third-order valence-electron chi connectivity index (χ3n) is 2.66. The number of para-hydroxylation sites is 1. The van der Waals surface area contributed by atoms with Crippen LogP contribution in [-0.2, 0) is 11.4 Å². The summed E-state index contributed by atoms with van der Waals surface area (Å²) in [5, 5.41) is 12.5. The molecule has 0 aliphatic carbocycles. The molecule has 1 N–H and O–H groups in total. The Morgan fingerprint density at radius 3 is 2.86 bits per heavy atom. The molecule has 21 heavy (non-hydrogen) atoms. The standard InChI is InChI=1S/C15H16N2O4/c1-10(2)15-16-13(17-21-15)9-20-12-6-4-3-5-11(12)7-8-14(18)19/h3-8,10H,9H2,1-2H3,(H,18,19). The Kier molecular flexibility index (Phi) is 4.71. The number of aliphatic carboxylic acids is 1. The molecule has 2 rings (SSSR count). The molecule has 0 aliphatic heterocycles. The number of hydrogen-bond donors (Lipinski definition) is 1. The molecule has 0 bridgehead atoms. The minimum absolute atomic E-state index is 0.161. The van der Waals surface area contributed by atoms with Crippen LogP contribution < -0.4 is 4.74 Å². The Hall–Kier alpha value is -2.63. The van der Waals surface area contributed by atoms with E-state index in [0.29, 0.717) is 23.0 Å². The molecule has 0 amide bonds. The number of hydrogen-bond acceptors (Lipinski definition) is 5. The van der Waals surface area contributed by atoms with Crippen LogP contribution in [0.3, 0.4) is 0 Å². The molecule has 0 fully saturated rings. The summed E-state index contributed by atoms with van der Waals surface area (Å²) in [5.41, 5.74) is 0.674. The molecule has 0 saturated carbocycles. The molecule has 110 valence electrons. The highest BCUT2D eigenvalue weighted by atomic mass is 16.5. The van der Waals surface area contributed by atoms with Crippen molar-refractivity contribution in [3.8, 4) is 5.75 Å². The highest BCUT2D eigenvalue weighted by molar-refractivity contribution is 5.85. The fourth-order valence-electron chi connectivity index (χ4n) is 1.61. The highest BCUT2D eigenvalue weighted by Gasteiger charge is 2.10. The van der Waals surface area contributed by atoms with Gasteiger partial charge in [-0.15, -0.1) is 0 Å². The van der Waals surface area contributed by atoms with E-state index in [1.165, 1.54) is 6.08 Å².